The number of hydrogen-bond acceptors (Lipinski definition) is 2. The zero-order chi connectivity index (χ0) is 15.4. The molecule has 0 saturated heterocycles. The van der Waals surface area contributed by atoms with Gasteiger partial charge in [-0.15, -0.1) is 0 Å². The van der Waals surface area contributed by atoms with Gasteiger partial charge >= 0.3 is 5.97 Å². The number of rotatable bonds is 5. The minimum atomic E-state index is -1.34. The molecule has 0 spiro atoms. The van der Waals surface area contributed by atoms with E-state index in [4.69, 9.17) is 0 Å². The predicted molar refractivity (Wildman–Crippen MR) is 84.0 cm³/mol. The first-order valence-electron chi connectivity index (χ1n) is 6.72. The van der Waals surface area contributed by atoms with Crippen LogP contribution >= 0.6 is 0 Å². The van der Waals surface area contributed by atoms with Crippen LogP contribution in [-0.4, -0.2) is 21.0 Å². The van der Waals surface area contributed by atoms with Crippen LogP contribution in [-0.2, 0) is 15.6 Å². The van der Waals surface area contributed by atoms with Crippen LogP contribution in [0.15, 0.2) is 53.4 Å². The molecule has 0 fully saturated rings. The fourth-order valence-electron chi connectivity index (χ4n) is 2.19. The summed E-state index contributed by atoms with van der Waals surface area (Å²) in [6.07, 6.45) is 0. The Morgan fingerprint density at radius 2 is 1.81 bits per heavy atom. The number of hydrogen-bond donors (Lipinski definition) is 1. The molecule has 2 aromatic carbocycles. The van der Waals surface area contributed by atoms with Crippen LogP contribution in [0.5, 0.6) is 0 Å². The molecule has 2 atom stereocenters. The molecule has 2 unspecified atom stereocenters. The minimum absolute atomic E-state index is 0.0869. The van der Waals surface area contributed by atoms with Gasteiger partial charge in [-0.1, -0.05) is 42.5 Å². The third-order valence-electron chi connectivity index (χ3n) is 3.41. The Labute approximate surface area is 127 Å². The number of aryl methyl sites for hydroxylation is 2. The lowest BCUT2D eigenvalue weighted by molar-refractivity contribution is -0.138. The van der Waals surface area contributed by atoms with Crippen molar-refractivity contribution in [1.82, 2.24) is 0 Å². The largest absolute Gasteiger partial charge is 0.481 e. The van der Waals surface area contributed by atoms with E-state index in [-0.39, 0.29) is 5.75 Å². The van der Waals surface area contributed by atoms with Crippen molar-refractivity contribution in [1.29, 1.82) is 0 Å². The second kappa shape index (κ2) is 6.68. The summed E-state index contributed by atoms with van der Waals surface area (Å²) in [5.41, 5.74) is 2.63. The van der Waals surface area contributed by atoms with E-state index >= 15 is 0 Å². The van der Waals surface area contributed by atoms with Crippen LogP contribution in [0.25, 0.3) is 0 Å². The fraction of sp³-hybridized carbons (Fsp3) is 0.235. The maximum absolute atomic E-state index is 12.6. The quantitative estimate of drug-likeness (QED) is 0.922. The Bertz CT molecular complexity index is 665. The highest BCUT2D eigenvalue weighted by Crippen LogP contribution is 2.22. The third-order valence-corrected chi connectivity index (χ3v) is 4.97. The molecule has 0 aromatic heterocycles. The zero-order valence-electron chi connectivity index (χ0n) is 12.1. The van der Waals surface area contributed by atoms with Crippen molar-refractivity contribution in [2.75, 3.05) is 5.75 Å². The smallest absolute Gasteiger partial charge is 0.311 e. The molecular weight excluding hydrogens is 284 g/mol. The van der Waals surface area contributed by atoms with Crippen molar-refractivity contribution >= 4 is 16.8 Å². The molecule has 0 bridgehead atoms. The van der Waals surface area contributed by atoms with Crippen molar-refractivity contribution in [3.63, 3.8) is 0 Å². The lowest BCUT2D eigenvalue weighted by atomic mass is 10.0. The molecule has 2 rings (SSSR count). The molecule has 4 heteroatoms. The Morgan fingerprint density at radius 3 is 2.43 bits per heavy atom. The first-order valence-corrected chi connectivity index (χ1v) is 8.04. The average Bonchev–Trinajstić information content (AvgIpc) is 2.47. The first kappa shape index (κ1) is 15.4. The molecule has 21 heavy (non-hydrogen) atoms. The molecular formula is C17H18O3S. The molecule has 0 amide bonds. The summed E-state index contributed by atoms with van der Waals surface area (Å²) in [4.78, 5) is 12.2. The van der Waals surface area contributed by atoms with Gasteiger partial charge < -0.3 is 5.11 Å². The highest BCUT2D eigenvalue weighted by molar-refractivity contribution is 7.85. The average molecular weight is 302 g/mol. The van der Waals surface area contributed by atoms with E-state index in [1.807, 2.05) is 38.1 Å². The number of carboxylic acids is 1. The monoisotopic (exact) mass is 302 g/mol. The molecule has 110 valence electrons. The van der Waals surface area contributed by atoms with Crippen molar-refractivity contribution < 1.29 is 14.1 Å². The van der Waals surface area contributed by atoms with Crippen LogP contribution in [0.3, 0.4) is 0 Å². The Kier molecular flexibility index (Phi) is 4.91. The number of carbonyl (C=O) groups is 1. The molecule has 3 nitrogen and oxygen atoms in total. The lowest BCUT2D eigenvalue weighted by Crippen LogP contribution is -2.19. The Hall–Kier alpha value is -1.94. The number of carboxylic acid groups (broad SMARTS) is 1. The fourth-order valence-corrected chi connectivity index (χ4v) is 3.75. The second-order valence-electron chi connectivity index (χ2n) is 5.08. The van der Waals surface area contributed by atoms with E-state index in [2.05, 4.69) is 0 Å². The van der Waals surface area contributed by atoms with Gasteiger partial charge in [-0.05, 0) is 36.6 Å². The van der Waals surface area contributed by atoms with Crippen LogP contribution in [0.2, 0.25) is 0 Å². The Balaban J connectivity index is 2.27. The summed E-state index contributed by atoms with van der Waals surface area (Å²) >= 11 is 0. The van der Waals surface area contributed by atoms with Crippen LogP contribution < -0.4 is 0 Å². The van der Waals surface area contributed by atoms with Crippen molar-refractivity contribution in [2.45, 2.75) is 24.7 Å². The third kappa shape index (κ3) is 3.79. The van der Waals surface area contributed by atoms with Gasteiger partial charge in [-0.3, -0.25) is 9.00 Å². The van der Waals surface area contributed by atoms with E-state index in [1.54, 1.807) is 24.3 Å². The lowest BCUT2D eigenvalue weighted by Gasteiger charge is -2.14. The van der Waals surface area contributed by atoms with E-state index in [0.717, 1.165) is 16.0 Å². The maximum Gasteiger partial charge on any atom is 0.311 e. The molecule has 0 aliphatic rings. The number of aliphatic carboxylic acids is 1. The first-order chi connectivity index (χ1) is 9.99. The van der Waals surface area contributed by atoms with Crippen LogP contribution in [0, 0.1) is 13.8 Å². The summed E-state index contributed by atoms with van der Waals surface area (Å²) < 4.78 is 12.6. The van der Waals surface area contributed by atoms with E-state index < -0.39 is 22.7 Å². The normalized spacial score (nSPS) is 13.6. The summed E-state index contributed by atoms with van der Waals surface area (Å²) in [5, 5.41) is 9.41. The van der Waals surface area contributed by atoms with Gasteiger partial charge in [0.05, 0.1) is 16.7 Å². The maximum atomic E-state index is 12.6. The molecule has 1 N–H and O–H groups in total. The van der Waals surface area contributed by atoms with Crippen molar-refractivity contribution in [3.8, 4) is 0 Å². The van der Waals surface area contributed by atoms with Gasteiger partial charge in [0, 0.05) is 10.6 Å². The highest BCUT2D eigenvalue weighted by Gasteiger charge is 2.23. The molecule has 0 saturated carbocycles. The second-order valence-corrected chi connectivity index (χ2v) is 6.55. The van der Waals surface area contributed by atoms with Crippen molar-refractivity contribution in [3.05, 3.63) is 65.2 Å². The molecule has 2 aromatic rings. The van der Waals surface area contributed by atoms with Gasteiger partial charge in [-0.25, -0.2) is 0 Å². The summed E-state index contributed by atoms with van der Waals surface area (Å²) in [6.45, 7) is 3.83. The number of benzene rings is 2. The van der Waals surface area contributed by atoms with Gasteiger partial charge in [-0.2, -0.15) is 0 Å². The van der Waals surface area contributed by atoms with Crippen molar-refractivity contribution in [2.24, 2.45) is 0 Å². The highest BCUT2D eigenvalue weighted by atomic mass is 32.2. The SMILES string of the molecule is Cc1ccc(C)c(S(=O)CC(C(=O)O)c2ccccc2)c1. The Morgan fingerprint density at radius 1 is 1.14 bits per heavy atom. The van der Waals surface area contributed by atoms with Gasteiger partial charge in [0.2, 0.25) is 0 Å². The van der Waals surface area contributed by atoms with Gasteiger partial charge in [0.25, 0.3) is 0 Å². The predicted octanol–water partition coefficient (Wildman–Crippen LogP) is 3.28. The summed E-state index contributed by atoms with van der Waals surface area (Å²) in [7, 11) is -1.34. The summed E-state index contributed by atoms with van der Waals surface area (Å²) in [5.74, 6) is -1.62. The minimum Gasteiger partial charge on any atom is -0.481 e. The van der Waals surface area contributed by atoms with Crippen LogP contribution in [0.4, 0.5) is 0 Å². The molecule has 0 radical (unpaired) electrons. The topological polar surface area (TPSA) is 54.4 Å². The van der Waals surface area contributed by atoms with Crippen LogP contribution in [0.1, 0.15) is 22.6 Å². The van der Waals surface area contributed by atoms with Gasteiger partial charge in [0.1, 0.15) is 0 Å². The standard InChI is InChI=1S/C17H18O3S/c1-12-8-9-13(2)16(10-12)21(20)11-15(17(18)19)14-6-4-3-5-7-14/h3-10,15H,11H2,1-2H3,(H,18,19). The van der Waals surface area contributed by atoms with Gasteiger partial charge in [0.15, 0.2) is 0 Å². The van der Waals surface area contributed by atoms with E-state index in [0.29, 0.717) is 5.56 Å². The summed E-state index contributed by atoms with van der Waals surface area (Å²) in [6, 6.07) is 14.7. The van der Waals surface area contributed by atoms with E-state index in [9.17, 15) is 14.1 Å². The molecule has 0 aliphatic heterocycles. The van der Waals surface area contributed by atoms with E-state index in [1.165, 1.54) is 0 Å². The molecule has 0 heterocycles. The zero-order valence-corrected chi connectivity index (χ0v) is 12.9. The molecule has 0 aliphatic carbocycles.